The Hall–Kier alpha value is -5.32. The number of terminal acetylenes is 1. The molecule has 0 unspecified atom stereocenters. The van der Waals surface area contributed by atoms with E-state index in [1.54, 1.807) is 57.3 Å². The fraction of sp³-hybridized carbons (Fsp3) is 0.300. The van der Waals surface area contributed by atoms with Gasteiger partial charge in [0.05, 0.1) is 29.7 Å². The third-order valence-electron chi connectivity index (χ3n) is 9.41. The predicted molar refractivity (Wildman–Crippen MR) is 207 cm³/mol. The molecular formula is C40H41Cl2N7O5. The molecule has 0 saturated carbocycles. The van der Waals surface area contributed by atoms with Crippen molar-refractivity contribution in [1.29, 1.82) is 0 Å². The number of nitrogens with one attached hydrogen (secondary N) is 2. The van der Waals surface area contributed by atoms with Gasteiger partial charge in [0, 0.05) is 32.6 Å². The van der Waals surface area contributed by atoms with E-state index in [0.717, 1.165) is 27.5 Å². The second-order valence-electron chi connectivity index (χ2n) is 13.4. The van der Waals surface area contributed by atoms with E-state index in [-0.39, 0.29) is 51.0 Å². The molecule has 0 aromatic heterocycles. The molecule has 4 aromatic rings. The number of urea groups is 1. The van der Waals surface area contributed by atoms with Crippen molar-refractivity contribution in [1.82, 2.24) is 35.4 Å². The van der Waals surface area contributed by atoms with Crippen LogP contribution in [0.15, 0.2) is 84.9 Å². The molecule has 0 bridgehead atoms. The highest BCUT2D eigenvalue weighted by Crippen LogP contribution is 2.32. The van der Waals surface area contributed by atoms with Gasteiger partial charge in [0.25, 0.3) is 0 Å². The van der Waals surface area contributed by atoms with E-state index in [2.05, 4.69) is 16.6 Å². The van der Waals surface area contributed by atoms with Crippen LogP contribution in [0.25, 0.3) is 10.8 Å². The van der Waals surface area contributed by atoms with E-state index >= 15 is 0 Å². The van der Waals surface area contributed by atoms with Gasteiger partial charge in [0.2, 0.25) is 11.8 Å². The maximum absolute atomic E-state index is 14.5. The van der Waals surface area contributed by atoms with Crippen molar-refractivity contribution in [2.45, 2.75) is 31.7 Å². The van der Waals surface area contributed by atoms with Crippen LogP contribution in [0.5, 0.6) is 5.75 Å². The van der Waals surface area contributed by atoms with E-state index in [4.69, 9.17) is 34.4 Å². The number of ether oxygens (including phenoxy) is 1. The largest absolute Gasteiger partial charge is 0.412 e. The Morgan fingerprint density at radius 1 is 0.944 bits per heavy atom. The molecule has 280 valence electrons. The molecule has 2 N–H and O–H groups in total. The summed E-state index contributed by atoms with van der Waals surface area (Å²) in [4.78, 5) is 59.6. The molecule has 2 aliphatic heterocycles. The fourth-order valence-electron chi connectivity index (χ4n) is 6.75. The number of carbonyl (C=O) groups excluding carboxylic acids is 4. The summed E-state index contributed by atoms with van der Waals surface area (Å²) in [7, 11) is 3.82. The van der Waals surface area contributed by atoms with Gasteiger partial charge in [-0.15, -0.1) is 6.42 Å². The third kappa shape index (κ3) is 8.89. The fourth-order valence-corrected chi connectivity index (χ4v) is 7.07. The van der Waals surface area contributed by atoms with Crippen molar-refractivity contribution in [3.05, 3.63) is 112 Å². The monoisotopic (exact) mass is 769 g/mol. The Balaban J connectivity index is 1.25. The van der Waals surface area contributed by atoms with Crippen LogP contribution >= 0.6 is 23.2 Å². The minimum absolute atomic E-state index is 0.114. The first-order valence-corrected chi connectivity index (χ1v) is 18.2. The third-order valence-corrected chi connectivity index (χ3v) is 10.2. The van der Waals surface area contributed by atoms with Gasteiger partial charge in [-0.1, -0.05) is 89.8 Å². The topological polar surface area (TPSA) is 118 Å². The lowest BCUT2D eigenvalue weighted by molar-refractivity contribution is -0.157. The zero-order valence-corrected chi connectivity index (χ0v) is 31.5. The number of hydrogen-bond donors (Lipinski definition) is 2. The number of fused-ring (bicyclic) bond motifs is 2. The Morgan fingerprint density at radius 2 is 1.69 bits per heavy atom. The molecule has 2 aliphatic rings. The molecule has 2 fully saturated rings. The van der Waals surface area contributed by atoms with Crippen LogP contribution in [0.2, 0.25) is 10.0 Å². The van der Waals surface area contributed by atoms with Gasteiger partial charge in [0.15, 0.2) is 0 Å². The van der Waals surface area contributed by atoms with Gasteiger partial charge >= 0.3 is 12.1 Å². The normalized spacial score (nSPS) is 17.0. The first-order valence-electron chi connectivity index (χ1n) is 17.5. The summed E-state index contributed by atoms with van der Waals surface area (Å²) in [6.45, 7) is 1.39. The average molecular weight is 771 g/mol. The number of nitrogens with zero attached hydrogens (tertiary/aromatic N) is 5. The molecule has 14 heteroatoms. The molecular weight excluding hydrogens is 729 g/mol. The zero-order valence-electron chi connectivity index (χ0n) is 30.0. The van der Waals surface area contributed by atoms with E-state index in [1.807, 2.05) is 61.5 Å². The average Bonchev–Trinajstić information content (AvgIpc) is 3.48. The molecule has 0 spiro atoms. The summed E-state index contributed by atoms with van der Waals surface area (Å²) < 4.78 is 5.43. The van der Waals surface area contributed by atoms with Gasteiger partial charge in [-0.3, -0.25) is 9.59 Å². The second kappa shape index (κ2) is 17.2. The van der Waals surface area contributed by atoms with Crippen LogP contribution in [0.1, 0.15) is 16.7 Å². The number of rotatable bonds is 12. The summed E-state index contributed by atoms with van der Waals surface area (Å²) in [5.41, 5.74) is 2.43. The van der Waals surface area contributed by atoms with Gasteiger partial charge in [0.1, 0.15) is 18.0 Å². The predicted octanol–water partition coefficient (Wildman–Crippen LogP) is 4.98. The maximum Gasteiger partial charge on any atom is 0.412 e. The highest BCUT2D eigenvalue weighted by atomic mass is 35.5. The lowest BCUT2D eigenvalue weighted by atomic mass is 9.99. The number of piperazine rings is 1. The number of halogens is 2. The minimum Gasteiger partial charge on any atom is -0.410 e. The van der Waals surface area contributed by atoms with Gasteiger partial charge in [-0.2, -0.15) is 5.01 Å². The van der Waals surface area contributed by atoms with Crippen molar-refractivity contribution in [3.63, 3.8) is 0 Å². The Morgan fingerprint density at radius 3 is 2.43 bits per heavy atom. The smallest absolute Gasteiger partial charge is 0.410 e. The van der Waals surface area contributed by atoms with Crippen LogP contribution in [0, 0.1) is 12.3 Å². The standard InChI is InChI=1S/C40H41Cl2N7O5/c1-4-19-47(39(52)44-23-28-14-17-33(41)34(42)21-28)48-26-37(50)49-35(22-27-12-15-31(16-13-27)54-40(53)43-18-20-45(2)3)38(51)46(25-36(48)49)24-30-10-7-9-29-8-5-6-11-32(29)30/h1,5-17,21,35-36H,18-20,22-26H2,2-3H3,(H,43,53)(H,44,52)/t35-,36+/m0/s1. The molecule has 2 saturated heterocycles. The second-order valence-corrected chi connectivity index (χ2v) is 14.2. The quantitative estimate of drug-likeness (QED) is 0.195. The number of likely N-dealkylation sites (N-methyl/N-ethyl adjacent to an activating group) is 1. The van der Waals surface area contributed by atoms with E-state index < -0.39 is 24.3 Å². The van der Waals surface area contributed by atoms with Crippen molar-refractivity contribution in [2.75, 3.05) is 46.8 Å². The molecule has 6 rings (SSSR count). The Kier molecular flexibility index (Phi) is 12.2. The number of carbonyl (C=O) groups is 4. The summed E-state index contributed by atoms with van der Waals surface area (Å²) in [6, 6.07) is 24.5. The number of amides is 5. The number of hydrazine groups is 1. The summed E-state index contributed by atoms with van der Waals surface area (Å²) in [6.07, 6.45) is 4.69. The van der Waals surface area contributed by atoms with E-state index in [0.29, 0.717) is 28.9 Å². The lowest BCUT2D eigenvalue weighted by Crippen LogP contribution is -2.66. The summed E-state index contributed by atoms with van der Waals surface area (Å²) in [5, 5.41) is 11.4. The number of hydrogen-bond acceptors (Lipinski definition) is 7. The number of benzene rings is 4. The lowest BCUT2D eigenvalue weighted by Gasteiger charge is -2.46. The van der Waals surface area contributed by atoms with Gasteiger partial charge in [-0.25, -0.2) is 14.6 Å². The first kappa shape index (κ1) is 38.4. The van der Waals surface area contributed by atoms with E-state index in [9.17, 15) is 19.2 Å². The van der Waals surface area contributed by atoms with E-state index in [1.165, 1.54) is 5.01 Å². The highest BCUT2D eigenvalue weighted by molar-refractivity contribution is 6.42. The maximum atomic E-state index is 14.5. The van der Waals surface area contributed by atoms with Crippen LogP contribution in [0.4, 0.5) is 9.59 Å². The van der Waals surface area contributed by atoms with Crippen molar-refractivity contribution >= 4 is 57.9 Å². The zero-order chi connectivity index (χ0) is 38.4. The molecule has 0 aliphatic carbocycles. The first-order chi connectivity index (χ1) is 26.0. The highest BCUT2D eigenvalue weighted by Gasteiger charge is 2.52. The van der Waals surface area contributed by atoms with Crippen LogP contribution in [-0.4, -0.2) is 108 Å². The van der Waals surface area contributed by atoms with Gasteiger partial charge < -0.3 is 30.1 Å². The van der Waals surface area contributed by atoms with Crippen LogP contribution in [0.3, 0.4) is 0 Å². The molecule has 54 heavy (non-hydrogen) atoms. The Bertz CT molecular complexity index is 2070. The molecule has 12 nitrogen and oxygen atoms in total. The molecule has 5 amide bonds. The van der Waals surface area contributed by atoms with Gasteiger partial charge in [-0.05, 0) is 65.8 Å². The van der Waals surface area contributed by atoms with Crippen molar-refractivity contribution < 1.29 is 23.9 Å². The Labute approximate surface area is 324 Å². The van der Waals surface area contributed by atoms with Crippen molar-refractivity contribution in [3.8, 4) is 18.1 Å². The molecule has 2 atom stereocenters. The van der Waals surface area contributed by atoms with Crippen LogP contribution in [-0.2, 0) is 29.1 Å². The minimum atomic E-state index is -0.885. The SMILES string of the molecule is C#CCN(C(=O)NCc1ccc(Cl)c(Cl)c1)N1CC(=O)N2[C@@H](Cc3ccc(OC(=O)NCCN(C)C)cc3)C(=O)N(Cc3cccc4ccccc34)C[C@@H]21. The molecule has 0 radical (unpaired) electrons. The van der Waals surface area contributed by atoms with Crippen molar-refractivity contribution in [2.24, 2.45) is 0 Å². The molecule has 2 heterocycles. The summed E-state index contributed by atoms with van der Waals surface area (Å²) >= 11 is 12.3. The molecule has 4 aromatic carbocycles. The summed E-state index contributed by atoms with van der Waals surface area (Å²) in [5.74, 6) is 2.36. The van der Waals surface area contributed by atoms with Crippen LogP contribution < -0.4 is 15.4 Å².